The number of carbonyl (C=O) groups excluding carboxylic acids is 2. The van der Waals surface area contributed by atoms with Crippen LogP contribution in [0.2, 0.25) is 0 Å². The standard InChI is InChI=1S/C25H32NO6/c1-6-8-12-26(29,16-27)20-13-18(10-11-22(20)30-4)24-17(3)25(31-5)15-19(9-7-2)21(28)14-23(25)32-24/h7,10-11,13-17,24,29H,2,6,8-9,12H2,1,3-5H3/q+1. The number of unbranched alkanes of at least 4 members (excludes halogenated alkanes) is 1. The third-order valence-corrected chi connectivity index (χ3v) is 6.41. The summed E-state index contributed by atoms with van der Waals surface area (Å²) in [5.74, 6) is 0.563. The van der Waals surface area contributed by atoms with E-state index in [-0.39, 0.29) is 18.2 Å². The van der Waals surface area contributed by atoms with E-state index < -0.39 is 16.4 Å². The summed E-state index contributed by atoms with van der Waals surface area (Å²) in [6.07, 6.45) is 7.01. The lowest BCUT2D eigenvalue weighted by molar-refractivity contribution is -0.146. The van der Waals surface area contributed by atoms with Crippen molar-refractivity contribution >= 4 is 17.9 Å². The van der Waals surface area contributed by atoms with E-state index in [0.29, 0.717) is 42.0 Å². The number of hydroxylamine groups is 2. The monoisotopic (exact) mass is 442 g/mol. The molecule has 1 heterocycles. The van der Waals surface area contributed by atoms with Crippen LogP contribution in [0, 0.1) is 5.92 Å². The summed E-state index contributed by atoms with van der Waals surface area (Å²) in [4.78, 5) is 24.4. The molecule has 32 heavy (non-hydrogen) atoms. The predicted octanol–water partition coefficient (Wildman–Crippen LogP) is 4.41. The fourth-order valence-corrected chi connectivity index (χ4v) is 4.50. The number of ketones is 1. The van der Waals surface area contributed by atoms with Crippen molar-refractivity contribution in [2.45, 2.75) is 44.8 Å². The lowest BCUT2D eigenvalue weighted by Crippen LogP contribution is -2.45. The summed E-state index contributed by atoms with van der Waals surface area (Å²) in [5, 5.41) is 11.0. The third kappa shape index (κ3) is 3.92. The molecule has 1 aromatic carbocycles. The lowest BCUT2D eigenvalue weighted by Gasteiger charge is -2.31. The van der Waals surface area contributed by atoms with Gasteiger partial charge in [-0.1, -0.05) is 37.1 Å². The van der Waals surface area contributed by atoms with Crippen molar-refractivity contribution in [3.05, 3.63) is 59.9 Å². The first kappa shape index (κ1) is 23.9. The number of ether oxygens (including phenoxy) is 3. The summed E-state index contributed by atoms with van der Waals surface area (Å²) < 4.78 is 16.7. The van der Waals surface area contributed by atoms with Gasteiger partial charge < -0.3 is 14.2 Å². The first-order chi connectivity index (χ1) is 15.3. The summed E-state index contributed by atoms with van der Waals surface area (Å²) in [7, 11) is 3.10. The van der Waals surface area contributed by atoms with Gasteiger partial charge in [0.05, 0.1) is 7.11 Å². The highest BCUT2D eigenvalue weighted by molar-refractivity contribution is 6.06. The average Bonchev–Trinajstić information content (AvgIpc) is 3.09. The second-order valence-corrected chi connectivity index (χ2v) is 8.30. The largest absolute Gasteiger partial charge is 0.491 e. The molecule has 7 heteroatoms. The second kappa shape index (κ2) is 9.40. The lowest BCUT2D eigenvalue weighted by atomic mass is 9.78. The fourth-order valence-electron chi connectivity index (χ4n) is 4.50. The Morgan fingerprint density at radius 3 is 2.69 bits per heavy atom. The molecule has 2 aliphatic rings. The minimum absolute atomic E-state index is 0.123. The van der Waals surface area contributed by atoms with Crippen LogP contribution in [0.4, 0.5) is 5.69 Å². The maximum atomic E-state index is 12.5. The molecular formula is C25H32NO6+. The molecule has 1 fully saturated rings. The van der Waals surface area contributed by atoms with Crippen molar-refractivity contribution in [2.75, 3.05) is 20.8 Å². The average molecular weight is 443 g/mol. The van der Waals surface area contributed by atoms with E-state index in [0.717, 1.165) is 12.0 Å². The first-order valence-corrected chi connectivity index (χ1v) is 10.9. The molecule has 7 nitrogen and oxygen atoms in total. The molecule has 3 rings (SSSR count). The molecule has 1 aliphatic heterocycles. The Kier molecular flexibility index (Phi) is 7.03. The van der Waals surface area contributed by atoms with Crippen molar-refractivity contribution in [1.29, 1.82) is 0 Å². The van der Waals surface area contributed by atoms with Gasteiger partial charge in [0, 0.05) is 37.2 Å². The van der Waals surface area contributed by atoms with E-state index in [1.807, 2.05) is 26.0 Å². The molecule has 0 spiro atoms. The number of amides is 1. The van der Waals surface area contributed by atoms with Gasteiger partial charge in [-0.05, 0) is 24.1 Å². The van der Waals surface area contributed by atoms with Gasteiger partial charge in [-0.15, -0.1) is 6.58 Å². The van der Waals surface area contributed by atoms with Gasteiger partial charge >= 0.3 is 6.41 Å². The zero-order valence-corrected chi connectivity index (χ0v) is 19.2. The minimum Gasteiger partial charge on any atom is -0.491 e. The third-order valence-electron chi connectivity index (χ3n) is 6.41. The number of carbonyl (C=O) groups is 2. The van der Waals surface area contributed by atoms with Gasteiger partial charge in [0.1, 0.15) is 24.0 Å². The molecule has 172 valence electrons. The predicted molar refractivity (Wildman–Crippen MR) is 121 cm³/mol. The van der Waals surface area contributed by atoms with Crippen LogP contribution in [0.25, 0.3) is 0 Å². The topological polar surface area (TPSA) is 82.1 Å². The minimum atomic E-state index is -0.883. The second-order valence-electron chi connectivity index (χ2n) is 8.30. The van der Waals surface area contributed by atoms with Crippen LogP contribution in [0.15, 0.2) is 54.3 Å². The van der Waals surface area contributed by atoms with Crippen LogP contribution >= 0.6 is 0 Å². The van der Waals surface area contributed by atoms with Crippen LogP contribution in [0.5, 0.6) is 5.75 Å². The Labute approximate surface area is 189 Å². The van der Waals surface area contributed by atoms with E-state index in [1.165, 1.54) is 13.2 Å². The Morgan fingerprint density at radius 1 is 1.34 bits per heavy atom. The van der Waals surface area contributed by atoms with Crippen molar-refractivity contribution in [3.63, 3.8) is 0 Å². The van der Waals surface area contributed by atoms with E-state index in [9.17, 15) is 14.8 Å². The maximum absolute atomic E-state index is 12.5. The number of benzene rings is 1. The smallest absolute Gasteiger partial charge is 0.338 e. The Morgan fingerprint density at radius 2 is 2.09 bits per heavy atom. The molecule has 1 saturated heterocycles. The van der Waals surface area contributed by atoms with E-state index in [1.54, 1.807) is 25.3 Å². The quantitative estimate of drug-likeness (QED) is 0.190. The van der Waals surface area contributed by atoms with Crippen LogP contribution in [-0.4, -0.2) is 43.8 Å². The highest BCUT2D eigenvalue weighted by Crippen LogP contribution is 2.52. The van der Waals surface area contributed by atoms with Crippen molar-refractivity contribution in [1.82, 2.24) is 4.65 Å². The molecule has 0 aromatic heterocycles. The van der Waals surface area contributed by atoms with Crippen molar-refractivity contribution < 1.29 is 29.0 Å². The molecule has 4 atom stereocenters. The van der Waals surface area contributed by atoms with Gasteiger partial charge in [0.25, 0.3) is 0 Å². The maximum Gasteiger partial charge on any atom is 0.338 e. The normalized spacial score (nSPS) is 26.3. The summed E-state index contributed by atoms with van der Waals surface area (Å²) >= 11 is 0. The molecule has 1 amide bonds. The van der Waals surface area contributed by atoms with Gasteiger partial charge in [-0.3, -0.25) is 4.79 Å². The first-order valence-electron chi connectivity index (χ1n) is 10.9. The molecule has 1 N–H and O–H groups in total. The van der Waals surface area contributed by atoms with E-state index in [2.05, 4.69) is 6.58 Å². The Hall–Kier alpha value is -2.74. The Balaban J connectivity index is 2.06. The van der Waals surface area contributed by atoms with E-state index in [4.69, 9.17) is 14.2 Å². The molecule has 1 aliphatic carbocycles. The summed E-state index contributed by atoms with van der Waals surface area (Å²) in [6.45, 7) is 7.95. The highest BCUT2D eigenvalue weighted by Gasteiger charge is 2.54. The Bertz CT molecular complexity index is 967. The number of nitrogens with zero attached hydrogens (tertiary/aromatic N) is 1. The number of rotatable bonds is 10. The van der Waals surface area contributed by atoms with Gasteiger partial charge in [0.2, 0.25) is 5.69 Å². The number of hydrogen-bond acceptors (Lipinski definition) is 6. The highest BCUT2D eigenvalue weighted by atomic mass is 16.6. The molecule has 1 aromatic rings. The van der Waals surface area contributed by atoms with E-state index >= 15 is 0 Å². The van der Waals surface area contributed by atoms with Crippen LogP contribution in [-0.2, 0) is 19.1 Å². The number of methoxy groups -OCH3 is 2. The molecule has 4 unspecified atom stereocenters. The van der Waals surface area contributed by atoms with Crippen molar-refractivity contribution in [2.24, 2.45) is 5.92 Å². The SMILES string of the molecule is C=CCC1=CC2(OC)C(=CC1=O)OC(c1ccc(OC)c([N+](O)(C=O)CCCC)c1)C2C. The molecular weight excluding hydrogens is 410 g/mol. The molecule has 0 bridgehead atoms. The fraction of sp³-hybridized carbons (Fsp3) is 0.440. The zero-order valence-electron chi connectivity index (χ0n) is 19.2. The van der Waals surface area contributed by atoms with Crippen molar-refractivity contribution in [3.8, 4) is 5.75 Å². The number of hydrogen-bond donors (Lipinski definition) is 1. The van der Waals surface area contributed by atoms with Crippen LogP contribution in [0.3, 0.4) is 0 Å². The molecule has 0 radical (unpaired) electrons. The summed E-state index contributed by atoms with van der Waals surface area (Å²) in [5.41, 5.74) is 0.831. The summed E-state index contributed by atoms with van der Waals surface area (Å²) in [6, 6.07) is 5.30. The number of fused-ring (bicyclic) bond motifs is 1. The zero-order chi connectivity index (χ0) is 23.5. The molecule has 0 saturated carbocycles. The number of allylic oxidation sites excluding steroid dienone is 3. The van der Waals surface area contributed by atoms with Gasteiger partial charge in [0.15, 0.2) is 11.5 Å². The van der Waals surface area contributed by atoms with Gasteiger partial charge in [-0.25, -0.2) is 10.0 Å². The van der Waals surface area contributed by atoms with Gasteiger partial charge in [-0.2, -0.15) is 0 Å². The van der Waals surface area contributed by atoms with Crippen LogP contribution < -0.4 is 9.38 Å². The number of quaternary nitrogens is 1. The van der Waals surface area contributed by atoms with Crippen LogP contribution in [0.1, 0.15) is 44.8 Å².